The second-order valence-corrected chi connectivity index (χ2v) is 5.16. The minimum atomic E-state index is 0.652. The van der Waals surface area contributed by atoms with Crippen LogP contribution >= 0.6 is 0 Å². The third-order valence-electron chi connectivity index (χ3n) is 3.17. The molecular formula is C14H25N. The minimum absolute atomic E-state index is 0.652. The van der Waals surface area contributed by atoms with Gasteiger partial charge < -0.3 is 4.57 Å². The van der Waals surface area contributed by atoms with E-state index in [1.165, 1.54) is 30.7 Å². The average molecular weight is 207 g/mol. The van der Waals surface area contributed by atoms with Gasteiger partial charge in [-0.25, -0.2) is 0 Å². The van der Waals surface area contributed by atoms with Crippen molar-refractivity contribution >= 4 is 0 Å². The highest BCUT2D eigenvalue weighted by Gasteiger charge is 2.09. The zero-order valence-electron chi connectivity index (χ0n) is 10.9. The Bertz CT molecular complexity index is 277. The Morgan fingerprint density at radius 1 is 1.00 bits per heavy atom. The van der Waals surface area contributed by atoms with Crippen LogP contribution in [0.25, 0.3) is 0 Å². The Balaban J connectivity index is 2.50. The summed E-state index contributed by atoms with van der Waals surface area (Å²) in [5, 5.41) is 0. The molecule has 1 heterocycles. The number of aromatic nitrogens is 1. The van der Waals surface area contributed by atoms with E-state index >= 15 is 0 Å². The Kier molecular flexibility index (Phi) is 4.44. The number of aryl methyl sites for hydroxylation is 2. The molecule has 1 aromatic heterocycles. The van der Waals surface area contributed by atoms with Gasteiger partial charge in [-0.15, -0.1) is 0 Å². The van der Waals surface area contributed by atoms with Crippen LogP contribution in [-0.4, -0.2) is 4.57 Å². The van der Waals surface area contributed by atoms with Crippen LogP contribution in [0.5, 0.6) is 0 Å². The minimum Gasteiger partial charge on any atom is -0.346 e. The number of hydrogen-bond donors (Lipinski definition) is 0. The average Bonchev–Trinajstić information content (AvgIpc) is 2.45. The number of rotatable bonds is 5. The van der Waals surface area contributed by atoms with Crippen LogP contribution in [0, 0.1) is 19.8 Å². The topological polar surface area (TPSA) is 4.93 Å². The smallest absolute Gasteiger partial charge is 0.0307 e. The quantitative estimate of drug-likeness (QED) is 0.670. The van der Waals surface area contributed by atoms with Gasteiger partial charge in [-0.2, -0.15) is 0 Å². The Labute approximate surface area is 94.5 Å². The molecule has 1 atom stereocenters. The molecule has 0 aromatic carbocycles. The molecule has 0 saturated carbocycles. The third kappa shape index (κ3) is 3.40. The van der Waals surface area contributed by atoms with Gasteiger partial charge in [0, 0.05) is 17.4 Å². The molecule has 0 spiro atoms. The maximum atomic E-state index is 2.46. The molecule has 0 bridgehead atoms. The third-order valence-corrected chi connectivity index (χ3v) is 3.17. The molecular weight excluding hydrogens is 182 g/mol. The van der Waals surface area contributed by atoms with Crippen LogP contribution in [0.1, 0.15) is 57.5 Å². The SMILES string of the molecule is Cc1ccc(C)n1C(C)CCCC(C)C. The first-order chi connectivity index (χ1) is 7.02. The first kappa shape index (κ1) is 12.4. The van der Waals surface area contributed by atoms with Gasteiger partial charge in [0.25, 0.3) is 0 Å². The van der Waals surface area contributed by atoms with Crippen molar-refractivity contribution < 1.29 is 0 Å². The first-order valence-electron chi connectivity index (χ1n) is 6.16. The molecule has 0 amide bonds. The van der Waals surface area contributed by atoms with E-state index in [2.05, 4.69) is 51.3 Å². The van der Waals surface area contributed by atoms with Crippen molar-refractivity contribution in [2.24, 2.45) is 5.92 Å². The van der Waals surface area contributed by atoms with Crippen molar-refractivity contribution in [3.8, 4) is 0 Å². The zero-order chi connectivity index (χ0) is 11.4. The molecule has 15 heavy (non-hydrogen) atoms. The lowest BCUT2D eigenvalue weighted by atomic mass is 10.0. The van der Waals surface area contributed by atoms with E-state index in [1.807, 2.05) is 0 Å². The van der Waals surface area contributed by atoms with Crippen LogP contribution in [0.15, 0.2) is 12.1 Å². The molecule has 0 saturated heterocycles. The predicted octanol–water partition coefficient (Wildman–Crippen LogP) is 4.49. The lowest BCUT2D eigenvalue weighted by molar-refractivity contribution is 0.438. The Hall–Kier alpha value is -0.720. The summed E-state index contributed by atoms with van der Waals surface area (Å²) in [5.74, 6) is 0.837. The van der Waals surface area contributed by atoms with Crippen LogP contribution in [0.4, 0.5) is 0 Å². The van der Waals surface area contributed by atoms with E-state index in [1.54, 1.807) is 0 Å². The molecule has 1 unspecified atom stereocenters. The summed E-state index contributed by atoms with van der Waals surface area (Å²) >= 11 is 0. The second-order valence-electron chi connectivity index (χ2n) is 5.16. The lowest BCUT2D eigenvalue weighted by Gasteiger charge is -2.18. The molecule has 1 rings (SSSR count). The van der Waals surface area contributed by atoms with Gasteiger partial charge in [0.1, 0.15) is 0 Å². The highest BCUT2D eigenvalue weighted by atomic mass is 15.0. The maximum Gasteiger partial charge on any atom is 0.0307 e. The van der Waals surface area contributed by atoms with Crippen LogP contribution in [-0.2, 0) is 0 Å². The van der Waals surface area contributed by atoms with Gasteiger partial charge in [0.2, 0.25) is 0 Å². The van der Waals surface area contributed by atoms with E-state index in [-0.39, 0.29) is 0 Å². The van der Waals surface area contributed by atoms with E-state index in [0.717, 1.165) is 5.92 Å². The molecule has 0 radical (unpaired) electrons. The largest absolute Gasteiger partial charge is 0.346 e. The van der Waals surface area contributed by atoms with E-state index in [4.69, 9.17) is 0 Å². The van der Waals surface area contributed by atoms with Crippen LogP contribution in [0.3, 0.4) is 0 Å². The van der Waals surface area contributed by atoms with Crippen molar-refractivity contribution in [2.75, 3.05) is 0 Å². The van der Waals surface area contributed by atoms with Gasteiger partial charge in [-0.3, -0.25) is 0 Å². The summed E-state index contributed by atoms with van der Waals surface area (Å²) in [6.45, 7) is 11.3. The summed E-state index contributed by atoms with van der Waals surface area (Å²) in [6.07, 6.45) is 3.99. The van der Waals surface area contributed by atoms with Gasteiger partial charge in [0.15, 0.2) is 0 Å². The van der Waals surface area contributed by atoms with Crippen LogP contribution < -0.4 is 0 Å². The second kappa shape index (κ2) is 5.39. The summed E-state index contributed by atoms with van der Waals surface area (Å²) in [7, 11) is 0. The molecule has 0 aliphatic heterocycles. The predicted molar refractivity (Wildman–Crippen MR) is 67.3 cm³/mol. The molecule has 0 N–H and O–H groups in total. The number of nitrogens with zero attached hydrogens (tertiary/aromatic N) is 1. The lowest BCUT2D eigenvalue weighted by Crippen LogP contribution is -2.08. The zero-order valence-corrected chi connectivity index (χ0v) is 10.9. The van der Waals surface area contributed by atoms with Gasteiger partial charge in [-0.1, -0.05) is 26.7 Å². The molecule has 0 fully saturated rings. The van der Waals surface area contributed by atoms with Crippen molar-refractivity contribution in [3.63, 3.8) is 0 Å². The molecule has 0 aliphatic rings. The molecule has 86 valence electrons. The summed E-state index contributed by atoms with van der Waals surface area (Å²) in [4.78, 5) is 0. The van der Waals surface area contributed by atoms with Crippen molar-refractivity contribution in [1.82, 2.24) is 4.57 Å². The fourth-order valence-corrected chi connectivity index (χ4v) is 2.33. The van der Waals surface area contributed by atoms with Crippen molar-refractivity contribution in [1.29, 1.82) is 0 Å². The van der Waals surface area contributed by atoms with E-state index in [0.29, 0.717) is 6.04 Å². The number of hydrogen-bond acceptors (Lipinski definition) is 0. The van der Waals surface area contributed by atoms with Crippen molar-refractivity contribution in [3.05, 3.63) is 23.5 Å². The summed E-state index contributed by atoms with van der Waals surface area (Å²) < 4.78 is 2.46. The molecule has 1 aromatic rings. The first-order valence-corrected chi connectivity index (χ1v) is 6.16. The summed E-state index contributed by atoms with van der Waals surface area (Å²) in [5.41, 5.74) is 2.79. The van der Waals surface area contributed by atoms with E-state index in [9.17, 15) is 0 Å². The van der Waals surface area contributed by atoms with Gasteiger partial charge in [0.05, 0.1) is 0 Å². The summed E-state index contributed by atoms with van der Waals surface area (Å²) in [6, 6.07) is 5.08. The van der Waals surface area contributed by atoms with Crippen molar-refractivity contribution in [2.45, 2.75) is 59.9 Å². The van der Waals surface area contributed by atoms with Gasteiger partial charge in [-0.05, 0) is 45.2 Å². The Morgan fingerprint density at radius 2 is 1.53 bits per heavy atom. The standard InChI is InChI=1S/C14H25N/c1-11(2)7-6-8-12(3)15-13(4)9-10-14(15)5/h9-12H,6-8H2,1-5H3. The van der Waals surface area contributed by atoms with E-state index < -0.39 is 0 Å². The Morgan fingerprint density at radius 3 is 2.00 bits per heavy atom. The highest BCUT2D eigenvalue weighted by Crippen LogP contribution is 2.21. The highest BCUT2D eigenvalue weighted by molar-refractivity contribution is 5.14. The molecule has 1 heteroatoms. The maximum absolute atomic E-state index is 2.46. The fourth-order valence-electron chi connectivity index (χ4n) is 2.33. The monoisotopic (exact) mass is 207 g/mol. The fraction of sp³-hybridized carbons (Fsp3) is 0.714. The normalized spacial score (nSPS) is 13.5. The molecule has 0 aliphatic carbocycles. The molecule has 1 nitrogen and oxygen atoms in total. The van der Waals surface area contributed by atoms with Crippen LogP contribution in [0.2, 0.25) is 0 Å². The van der Waals surface area contributed by atoms with Gasteiger partial charge >= 0.3 is 0 Å².